The second-order valence-corrected chi connectivity index (χ2v) is 7.13. The molecule has 3 rings (SSSR count). The van der Waals surface area contributed by atoms with E-state index in [0.29, 0.717) is 6.61 Å². The minimum Gasteiger partial charge on any atom is -0.372 e. The fourth-order valence-corrected chi connectivity index (χ4v) is 3.93. The predicted molar refractivity (Wildman–Crippen MR) is 103 cm³/mol. The SMILES string of the molecule is C=O.CCCOCC(=O)N(C)C1CCc2cc(CN3CCCC3)ccc21. The fourth-order valence-electron chi connectivity index (χ4n) is 3.93. The summed E-state index contributed by atoms with van der Waals surface area (Å²) >= 11 is 0. The quantitative estimate of drug-likeness (QED) is 0.702. The number of carbonyl (C=O) groups excluding carboxylic acids is 2. The summed E-state index contributed by atoms with van der Waals surface area (Å²) in [5.41, 5.74) is 4.16. The second-order valence-electron chi connectivity index (χ2n) is 7.13. The second kappa shape index (κ2) is 10.4. The van der Waals surface area contributed by atoms with Crippen LogP contribution in [0.3, 0.4) is 0 Å². The normalized spacial score (nSPS) is 18.9. The summed E-state index contributed by atoms with van der Waals surface area (Å²) in [5.74, 6) is 0.0856. The zero-order chi connectivity index (χ0) is 18.9. The number of likely N-dealkylation sites (N-methyl/N-ethyl adjacent to an activating group) is 1. The van der Waals surface area contributed by atoms with Gasteiger partial charge in [0.15, 0.2) is 0 Å². The van der Waals surface area contributed by atoms with Crippen LogP contribution in [0.2, 0.25) is 0 Å². The Balaban J connectivity index is 0.00000117. The lowest BCUT2D eigenvalue weighted by Crippen LogP contribution is -2.33. The molecular weight excluding hydrogens is 328 g/mol. The van der Waals surface area contributed by atoms with E-state index in [1.807, 2.05) is 18.7 Å². The first-order valence-corrected chi connectivity index (χ1v) is 9.65. The highest BCUT2D eigenvalue weighted by atomic mass is 16.5. The van der Waals surface area contributed by atoms with Crippen molar-refractivity contribution in [3.8, 4) is 0 Å². The molecular formula is C21H32N2O3. The molecule has 0 saturated carbocycles. The molecule has 5 nitrogen and oxygen atoms in total. The molecule has 1 unspecified atom stereocenters. The van der Waals surface area contributed by atoms with E-state index >= 15 is 0 Å². The van der Waals surface area contributed by atoms with Crippen molar-refractivity contribution in [3.05, 3.63) is 34.9 Å². The first-order chi connectivity index (χ1) is 12.7. The van der Waals surface area contributed by atoms with E-state index in [1.165, 1.54) is 42.6 Å². The number of benzene rings is 1. The van der Waals surface area contributed by atoms with Gasteiger partial charge in [-0.15, -0.1) is 0 Å². The van der Waals surface area contributed by atoms with Crippen LogP contribution in [-0.2, 0) is 27.3 Å². The van der Waals surface area contributed by atoms with Gasteiger partial charge < -0.3 is 14.4 Å². The first kappa shape index (κ1) is 20.6. The zero-order valence-corrected chi connectivity index (χ0v) is 16.2. The average Bonchev–Trinajstić information content (AvgIpc) is 3.32. The Bertz CT molecular complexity index is 585. The third kappa shape index (κ3) is 5.15. The van der Waals surface area contributed by atoms with E-state index in [4.69, 9.17) is 9.53 Å². The number of carbonyl (C=O) groups is 2. The predicted octanol–water partition coefficient (Wildman–Crippen LogP) is 2.97. The Morgan fingerprint density at radius 1 is 1.31 bits per heavy atom. The van der Waals surface area contributed by atoms with Crippen molar-refractivity contribution in [2.24, 2.45) is 0 Å². The number of likely N-dealkylation sites (tertiary alicyclic amines) is 1. The van der Waals surface area contributed by atoms with E-state index < -0.39 is 0 Å². The maximum Gasteiger partial charge on any atom is 0.248 e. The maximum atomic E-state index is 12.3. The molecule has 0 N–H and O–H groups in total. The summed E-state index contributed by atoms with van der Waals surface area (Å²) < 4.78 is 5.41. The minimum absolute atomic E-state index is 0.0856. The van der Waals surface area contributed by atoms with Crippen LogP contribution in [0.5, 0.6) is 0 Å². The first-order valence-electron chi connectivity index (χ1n) is 9.65. The Morgan fingerprint density at radius 3 is 2.73 bits per heavy atom. The molecule has 0 spiro atoms. The van der Waals surface area contributed by atoms with Crippen molar-refractivity contribution in [3.63, 3.8) is 0 Å². The van der Waals surface area contributed by atoms with Crippen LogP contribution >= 0.6 is 0 Å². The minimum atomic E-state index is 0.0856. The van der Waals surface area contributed by atoms with Gasteiger partial charge in [-0.1, -0.05) is 25.1 Å². The van der Waals surface area contributed by atoms with Crippen LogP contribution in [0.1, 0.15) is 55.3 Å². The summed E-state index contributed by atoms with van der Waals surface area (Å²) in [7, 11) is 1.91. The average molecular weight is 360 g/mol. The Labute approximate surface area is 157 Å². The monoisotopic (exact) mass is 360 g/mol. The van der Waals surface area contributed by atoms with Gasteiger partial charge in [0.2, 0.25) is 5.91 Å². The van der Waals surface area contributed by atoms with E-state index in [2.05, 4.69) is 30.0 Å². The number of ether oxygens (including phenoxy) is 1. The number of hydrogen-bond donors (Lipinski definition) is 0. The van der Waals surface area contributed by atoms with Crippen molar-refractivity contribution < 1.29 is 14.3 Å². The van der Waals surface area contributed by atoms with Gasteiger partial charge in [-0.25, -0.2) is 0 Å². The van der Waals surface area contributed by atoms with E-state index in [-0.39, 0.29) is 18.6 Å². The Hall–Kier alpha value is -1.72. The summed E-state index contributed by atoms with van der Waals surface area (Å²) in [6.45, 7) is 8.44. The lowest BCUT2D eigenvalue weighted by molar-refractivity contribution is -0.137. The third-order valence-electron chi connectivity index (χ3n) is 5.29. The van der Waals surface area contributed by atoms with E-state index in [1.54, 1.807) is 0 Å². The summed E-state index contributed by atoms with van der Waals surface area (Å²) in [6.07, 6.45) is 5.71. The van der Waals surface area contributed by atoms with Crippen molar-refractivity contribution in [1.82, 2.24) is 9.80 Å². The molecule has 2 aliphatic rings. The van der Waals surface area contributed by atoms with Crippen molar-refractivity contribution in [2.45, 2.75) is 51.6 Å². The highest BCUT2D eigenvalue weighted by Crippen LogP contribution is 2.36. The van der Waals surface area contributed by atoms with Gasteiger partial charge in [0.25, 0.3) is 0 Å². The smallest absolute Gasteiger partial charge is 0.248 e. The molecule has 26 heavy (non-hydrogen) atoms. The van der Waals surface area contributed by atoms with Gasteiger partial charge in [-0.05, 0) is 61.9 Å². The third-order valence-corrected chi connectivity index (χ3v) is 5.29. The Morgan fingerprint density at radius 2 is 2.04 bits per heavy atom. The molecule has 1 aliphatic heterocycles. The summed E-state index contributed by atoms with van der Waals surface area (Å²) in [4.78, 5) is 24.7. The molecule has 1 amide bonds. The largest absolute Gasteiger partial charge is 0.372 e. The van der Waals surface area contributed by atoms with Gasteiger partial charge >= 0.3 is 0 Å². The number of amides is 1. The number of nitrogens with zero attached hydrogens (tertiary/aromatic N) is 2. The zero-order valence-electron chi connectivity index (χ0n) is 16.2. The molecule has 1 heterocycles. The molecule has 1 atom stereocenters. The van der Waals surface area contributed by atoms with Crippen LogP contribution in [0.15, 0.2) is 18.2 Å². The lowest BCUT2D eigenvalue weighted by atomic mass is 10.0. The molecule has 1 aliphatic carbocycles. The van der Waals surface area contributed by atoms with Gasteiger partial charge in [-0.2, -0.15) is 0 Å². The van der Waals surface area contributed by atoms with Gasteiger partial charge in [-0.3, -0.25) is 9.69 Å². The number of rotatable bonds is 7. The van der Waals surface area contributed by atoms with E-state index in [9.17, 15) is 4.79 Å². The standard InChI is InChI=1S/C20H30N2O2.CH2O/c1-3-12-24-15-20(23)21(2)19-9-7-17-13-16(6-8-18(17)19)14-22-10-4-5-11-22;1-2/h6,8,13,19H,3-5,7,9-12,14-15H2,1-2H3;1H2. The van der Waals surface area contributed by atoms with Crippen LogP contribution in [0.25, 0.3) is 0 Å². The molecule has 0 radical (unpaired) electrons. The lowest BCUT2D eigenvalue weighted by Gasteiger charge is -2.25. The van der Waals surface area contributed by atoms with Crippen LogP contribution in [0, 0.1) is 0 Å². The highest BCUT2D eigenvalue weighted by molar-refractivity contribution is 5.77. The molecule has 1 aromatic rings. The maximum absolute atomic E-state index is 12.3. The van der Waals surface area contributed by atoms with E-state index in [0.717, 1.165) is 25.8 Å². The van der Waals surface area contributed by atoms with Crippen LogP contribution in [-0.4, -0.2) is 55.8 Å². The summed E-state index contributed by atoms with van der Waals surface area (Å²) in [6, 6.07) is 7.06. The topological polar surface area (TPSA) is 49.9 Å². The van der Waals surface area contributed by atoms with Crippen molar-refractivity contribution in [2.75, 3.05) is 33.4 Å². The van der Waals surface area contributed by atoms with Crippen molar-refractivity contribution in [1.29, 1.82) is 0 Å². The molecule has 1 aromatic carbocycles. The summed E-state index contributed by atoms with van der Waals surface area (Å²) in [5, 5.41) is 0. The van der Waals surface area contributed by atoms with Gasteiger partial charge in [0, 0.05) is 20.2 Å². The molecule has 0 aromatic heterocycles. The van der Waals surface area contributed by atoms with Crippen LogP contribution in [0.4, 0.5) is 0 Å². The number of fused-ring (bicyclic) bond motifs is 1. The number of aryl methyl sites for hydroxylation is 1. The molecule has 144 valence electrons. The van der Waals surface area contributed by atoms with Crippen LogP contribution < -0.4 is 0 Å². The molecule has 0 bridgehead atoms. The highest BCUT2D eigenvalue weighted by Gasteiger charge is 2.28. The van der Waals surface area contributed by atoms with Gasteiger partial charge in [0.05, 0.1) is 6.04 Å². The van der Waals surface area contributed by atoms with Crippen molar-refractivity contribution >= 4 is 12.7 Å². The fraction of sp³-hybridized carbons (Fsp3) is 0.619. The van der Waals surface area contributed by atoms with Gasteiger partial charge in [0.1, 0.15) is 13.4 Å². The Kier molecular flexibility index (Phi) is 8.26. The molecule has 1 fully saturated rings. The number of hydrogen-bond acceptors (Lipinski definition) is 4. The molecule has 1 saturated heterocycles. The molecule has 5 heteroatoms.